The van der Waals surface area contributed by atoms with Crippen LogP contribution in [0.1, 0.15) is 29.1 Å². The summed E-state index contributed by atoms with van der Waals surface area (Å²) in [6.07, 6.45) is 4.20. The molecule has 1 unspecified atom stereocenters. The van der Waals surface area contributed by atoms with Crippen molar-refractivity contribution in [3.8, 4) is 0 Å². The van der Waals surface area contributed by atoms with E-state index in [1.807, 2.05) is 24.7 Å². The van der Waals surface area contributed by atoms with Crippen molar-refractivity contribution in [3.05, 3.63) is 34.0 Å². The minimum Gasteiger partial charge on any atom is -0.350 e. The van der Waals surface area contributed by atoms with Crippen LogP contribution < -0.4 is 5.32 Å². The molecule has 0 aromatic carbocycles. The van der Waals surface area contributed by atoms with E-state index in [0.29, 0.717) is 6.04 Å². The van der Waals surface area contributed by atoms with Gasteiger partial charge < -0.3 is 5.32 Å². The van der Waals surface area contributed by atoms with Crippen LogP contribution in [0.25, 0.3) is 0 Å². The fourth-order valence-corrected chi connectivity index (χ4v) is 3.52. The molecule has 0 aliphatic carbocycles. The standard InChI is InChI=1S/C15H21N5S/c1-11-5-6-16-15(18-11)19-13-4-3-7-20(8-13)9-14-12(2)17-10-21-14/h5-6,10,13H,3-4,7-9H2,1-2H3,(H,16,18,19). The number of likely N-dealkylation sites (tertiary alicyclic amines) is 1. The average Bonchev–Trinajstić information content (AvgIpc) is 2.85. The van der Waals surface area contributed by atoms with Crippen molar-refractivity contribution in [3.63, 3.8) is 0 Å². The molecule has 0 saturated carbocycles. The SMILES string of the molecule is Cc1ccnc(NC2CCCN(Cc3scnc3C)C2)n1. The van der Waals surface area contributed by atoms with E-state index in [1.165, 1.54) is 17.7 Å². The second kappa shape index (κ2) is 6.49. The summed E-state index contributed by atoms with van der Waals surface area (Å²) in [5.74, 6) is 0.746. The van der Waals surface area contributed by atoms with Crippen molar-refractivity contribution in [2.24, 2.45) is 0 Å². The van der Waals surface area contributed by atoms with E-state index in [4.69, 9.17) is 0 Å². The highest BCUT2D eigenvalue weighted by molar-refractivity contribution is 7.09. The molecule has 6 heteroatoms. The Hall–Kier alpha value is -1.53. The molecule has 0 spiro atoms. The van der Waals surface area contributed by atoms with Crippen molar-refractivity contribution in [2.45, 2.75) is 39.3 Å². The van der Waals surface area contributed by atoms with E-state index in [-0.39, 0.29) is 0 Å². The number of aromatic nitrogens is 3. The topological polar surface area (TPSA) is 53.9 Å². The molecule has 5 nitrogen and oxygen atoms in total. The summed E-state index contributed by atoms with van der Waals surface area (Å²) in [6.45, 7) is 7.28. The van der Waals surface area contributed by atoms with E-state index in [1.54, 1.807) is 11.3 Å². The van der Waals surface area contributed by atoms with Gasteiger partial charge in [0, 0.05) is 35.9 Å². The predicted molar refractivity (Wildman–Crippen MR) is 85.5 cm³/mol. The summed E-state index contributed by atoms with van der Waals surface area (Å²) >= 11 is 1.75. The second-order valence-electron chi connectivity index (χ2n) is 5.60. The Morgan fingerprint density at radius 1 is 1.38 bits per heavy atom. The zero-order chi connectivity index (χ0) is 14.7. The smallest absolute Gasteiger partial charge is 0.223 e. The van der Waals surface area contributed by atoms with Crippen LogP contribution in [0.2, 0.25) is 0 Å². The lowest BCUT2D eigenvalue weighted by molar-refractivity contribution is 0.209. The highest BCUT2D eigenvalue weighted by atomic mass is 32.1. The molecule has 3 heterocycles. The largest absolute Gasteiger partial charge is 0.350 e. The number of piperidine rings is 1. The number of hydrogen-bond donors (Lipinski definition) is 1. The lowest BCUT2D eigenvalue weighted by Gasteiger charge is -2.32. The van der Waals surface area contributed by atoms with Crippen LogP contribution >= 0.6 is 11.3 Å². The van der Waals surface area contributed by atoms with Gasteiger partial charge in [0.2, 0.25) is 5.95 Å². The summed E-state index contributed by atoms with van der Waals surface area (Å²) in [7, 11) is 0. The van der Waals surface area contributed by atoms with Gasteiger partial charge in [-0.15, -0.1) is 11.3 Å². The fourth-order valence-electron chi connectivity index (χ4n) is 2.70. The number of anilines is 1. The number of rotatable bonds is 4. The number of hydrogen-bond acceptors (Lipinski definition) is 6. The Morgan fingerprint density at radius 2 is 2.29 bits per heavy atom. The maximum atomic E-state index is 4.43. The minimum atomic E-state index is 0.425. The molecule has 1 atom stereocenters. The fraction of sp³-hybridized carbons (Fsp3) is 0.533. The quantitative estimate of drug-likeness (QED) is 0.941. The summed E-state index contributed by atoms with van der Waals surface area (Å²) in [6, 6.07) is 2.35. The van der Waals surface area contributed by atoms with E-state index in [2.05, 4.69) is 32.1 Å². The molecular weight excluding hydrogens is 282 g/mol. The number of nitrogens with one attached hydrogen (secondary N) is 1. The Labute approximate surface area is 129 Å². The number of aryl methyl sites for hydroxylation is 2. The van der Waals surface area contributed by atoms with Gasteiger partial charge in [0.25, 0.3) is 0 Å². The lowest BCUT2D eigenvalue weighted by Crippen LogP contribution is -2.41. The molecule has 1 aliphatic heterocycles. The molecule has 1 saturated heterocycles. The maximum Gasteiger partial charge on any atom is 0.223 e. The third-order valence-electron chi connectivity index (χ3n) is 3.85. The molecule has 1 N–H and O–H groups in total. The normalized spacial score (nSPS) is 19.6. The van der Waals surface area contributed by atoms with E-state index >= 15 is 0 Å². The highest BCUT2D eigenvalue weighted by Crippen LogP contribution is 2.19. The molecule has 0 bridgehead atoms. The molecule has 3 rings (SSSR count). The summed E-state index contributed by atoms with van der Waals surface area (Å²) in [4.78, 5) is 16.9. The van der Waals surface area contributed by atoms with Gasteiger partial charge in [-0.2, -0.15) is 0 Å². The van der Waals surface area contributed by atoms with Gasteiger partial charge in [0.05, 0.1) is 11.2 Å². The average molecular weight is 303 g/mol. The first-order valence-electron chi connectivity index (χ1n) is 7.38. The van der Waals surface area contributed by atoms with Crippen molar-refractivity contribution in [2.75, 3.05) is 18.4 Å². The third-order valence-corrected chi connectivity index (χ3v) is 4.77. The van der Waals surface area contributed by atoms with Gasteiger partial charge in [-0.3, -0.25) is 4.90 Å². The first kappa shape index (κ1) is 14.4. The Kier molecular flexibility index (Phi) is 4.45. The van der Waals surface area contributed by atoms with Crippen molar-refractivity contribution in [1.29, 1.82) is 0 Å². The van der Waals surface area contributed by atoms with Crippen LogP contribution in [0, 0.1) is 13.8 Å². The molecule has 21 heavy (non-hydrogen) atoms. The van der Waals surface area contributed by atoms with Crippen LogP contribution in [-0.2, 0) is 6.54 Å². The van der Waals surface area contributed by atoms with Gasteiger partial charge in [0.1, 0.15) is 0 Å². The zero-order valence-corrected chi connectivity index (χ0v) is 13.4. The minimum absolute atomic E-state index is 0.425. The highest BCUT2D eigenvalue weighted by Gasteiger charge is 2.21. The molecule has 2 aromatic rings. The van der Waals surface area contributed by atoms with Crippen LogP contribution in [0.3, 0.4) is 0 Å². The number of nitrogens with zero attached hydrogens (tertiary/aromatic N) is 4. The Balaban J connectivity index is 1.59. The van der Waals surface area contributed by atoms with E-state index in [0.717, 1.165) is 37.0 Å². The lowest BCUT2D eigenvalue weighted by atomic mass is 10.1. The van der Waals surface area contributed by atoms with Gasteiger partial charge in [-0.25, -0.2) is 15.0 Å². The first-order valence-corrected chi connectivity index (χ1v) is 8.26. The Morgan fingerprint density at radius 3 is 3.05 bits per heavy atom. The monoisotopic (exact) mass is 303 g/mol. The van der Waals surface area contributed by atoms with Crippen molar-refractivity contribution in [1.82, 2.24) is 19.9 Å². The van der Waals surface area contributed by atoms with E-state index in [9.17, 15) is 0 Å². The van der Waals surface area contributed by atoms with Crippen LogP contribution in [0.5, 0.6) is 0 Å². The molecular formula is C15H21N5S. The van der Waals surface area contributed by atoms with Crippen molar-refractivity contribution >= 4 is 17.3 Å². The molecule has 0 radical (unpaired) electrons. The first-order chi connectivity index (χ1) is 10.2. The third kappa shape index (κ3) is 3.77. The van der Waals surface area contributed by atoms with E-state index < -0.39 is 0 Å². The van der Waals surface area contributed by atoms with Crippen LogP contribution in [0.15, 0.2) is 17.8 Å². The Bertz CT molecular complexity index is 597. The molecule has 0 amide bonds. The number of thiazole rings is 1. The summed E-state index contributed by atoms with van der Waals surface area (Å²) in [5, 5.41) is 3.47. The molecule has 1 fully saturated rings. The summed E-state index contributed by atoms with van der Waals surface area (Å²) in [5.41, 5.74) is 4.10. The predicted octanol–water partition coefficient (Wildman–Crippen LogP) is 2.63. The molecule has 1 aliphatic rings. The van der Waals surface area contributed by atoms with Crippen LogP contribution in [0.4, 0.5) is 5.95 Å². The second-order valence-corrected chi connectivity index (χ2v) is 6.54. The van der Waals surface area contributed by atoms with Gasteiger partial charge in [0.15, 0.2) is 0 Å². The summed E-state index contributed by atoms with van der Waals surface area (Å²) < 4.78 is 0. The van der Waals surface area contributed by atoms with Gasteiger partial charge in [-0.1, -0.05) is 0 Å². The van der Waals surface area contributed by atoms with Crippen molar-refractivity contribution < 1.29 is 0 Å². The zero-order valence-electron chi connectivity index (χ0n) is 12.5. The van der Waals surface area contributed by atoms with Crippen LogP contribution in [-0.4, -0.2) is 39.0 Å². The molecule has 2 aromatic heterocycles. The molecule has 112 valence electrons. The van der Waals surface area contributed by atoms with Gasteiger partial charge in [-0.05, 0) is 39.3 Å². The van der Waals surface area contributed by atoms with Gasteiger partial charge >= 0.3 is 0 Å². The maximum absolute atomic E-state index is 4.43.